The van der Waals surface area contributed by atoms with E-state index in [0.29, 0.717) is 5.41 Å². The molecule has 2 N–H and O–H groups in total. The molecule has 0 spiro atoms. The van der Waals surface area contributed by atoms with Gasteiger partial charge in [-0.15, -0.1) is 11.6 Å². The Morgan fingerprint density at radius 1 is 1.64 bits per heavy atom. The van der Waals surface area contributed by atoms with Crippen LogP contribution in [0.5, 0.6) is 0 Å². The average Bonchev–Trinajstić information content (AvgIpc) is 2.49. The lowest BCUT2D eigenvalue weighted by molar-refractivity contribution is 0.336. The molecule has 2 heteroatoms. The first-order valence-electron chi connectivity index (χ1n) is 4.52. The summed E-state index contributed by atoms with van der Waals surface area (Å²) >= 11 is 5.91. The molecule has 0 heterocycles. The van der Waals surface area contributed by atoms with E-state index in [2.05, 4.69) is 6.92 Å². The molecule has 1 saturated carbocycles. The predicted octanol–water partition coefficient (Wildman–Crippen LogP) is 2.38. The van der Waals surface area contributed by atoms with Gasteiger partial charge in [0, 0.05) is 5.88 Å². The molecule has 1 aliphatic rings. The third kappa shape index (κ3) is 1.88. The fourth-order valence-electron chi connectivity index (χ4n) is 2.04. The van der Waals surface area contributed by atoms with Gasteiger partial charge in [-0.25, -0.2) is 0 Å². The van der Waals surface area contributed by atoms with E-state index in [1.165, 1.54) is 25.7 Å². The highest BCUT2D eigenvalue weighted by Crippen LogP contribution is 2.42. The number of nitrogens with two attached hydrogens (primary N) is 1. The highest BCUT2D eigenvalue weighted by molar-refractivity contribution is 6.18. The van der Waals surface area contributed by atoms with Gasteiger partial charge in [0.15, 0.2) is 0 Å². The number of halogens is 1. The van der Waals surface area contributed by atoms with Gasteiger partial charge >= 0.3 is 0 Å². The van der Waals surface area contributed by atoms with Gasteiger partial charge in [-0.05, 0) is 37.1 Å². The zero-order valence-corrected chi connectivity index (χ0v) is 8.03. The molecule has 0 bridgehead atoms. The Hall–Kier alpha value is 0.250. The van der Waals surface area contributed by atoms with E-state index < -0.39 is 0 Å². The molecule has 1 fully saturated rings. The molecule has 1 aliphatic carbocycles. The second kappa shape index (κ2) is 3.77. The minimum absolute atomic E-state index is 0.294. The quantitative estimate of drug-likeness (QED) is 0.655. The Morgan fingerprint density at radius 3 is 2.64 bits per heavy atom. The number of alkyl halides is 1. The molecule has 0 aromatic rings. The lowest BCUT2D eigenvalue weighted by atomic mass is 9.87. The molecule has 1 rings (SSSR count). The van der Waals surface area contributed by atoms with Crippen LogP contribution in [0, 0.1) is 11.3 Å². The van der Waals surface area contributed by atoms with E-state index in [9.17, 15) is 0 Å². The summed E-state index contributed by atoms with van der Waals surface area (Å²) in [5.74, 6) is 1.64. The Morgan fingerprint density at radius 2 is 2.36 bits per heavy atom. The third-order valence-electron chi connectivity index (χ3n) is 3.10. The molecule has 0 radical (unpaired) electrons. The largest absolute Gasteiger partial charge is 0.330 e. The lowest BCUT2D eigenvalue weighted by Crippen LogP contribution is -2.29. The van der Waals surface area contributed by atoms with Gasteiger partial charge in [-0.3, -0.25) is 0 Å². The Balaban J connectivity index is 2.48. The van der Waals surface area contributed by atoms with Crippen LogP contribution < -0.4 is 5.73 Å². The Bertz CT molecular complexity index is 121. The van der Waals surface area contributed by atoms with Gasteiger partial charge in [0.05, 0.1) is 0 Å². The van der Waals surface area contributed by atoms with Crippen molar-refractivity contribution in [1.29, 1.82) is 0 Å². The van der Waals surface area contributed by atoms with Crippen molar-refractivity contribution in [2.75, 3.05) is 12.4 Å². The van der Waals surface area contributed by atoms with Crippen molar-refractivity contribution < 1.29 is 0 Å². The number of rotatable bonds is 3. The molecule has 0 saturated heterocycles. The van der Waals surface area contributed by atoms with Gasteiger partial charge in [0.25, 0.3) is 0 Å². The SMILES string of the molecule is CCC1CCC(CN)(CCl)C1. The summed E-state index contributed by atoms with van der Waals surface area (Å²) in [6, 6.07) is 0. The molecule has 0 aromatic carbocycles. The van der Waals surface area contributed by atoms with E-state index in [-0.39, 0.29) is 0 Å². The minimum Gasteiger partial charge on any atom is -0.330 e. The monoisotopic (exact) mass is 175 g/mol. The summed E-state index contributed by atoms with van der Waals surface area (Å²) in [5.41, 5.74) is 6.01. The highest BCUT2D eigenvalue weighted by Gasteiger charge is 2.36. The van der Waals surface area contributed by atoms with Crippen LogP contribution in [0.1, 0.15) is 32.6 Å². The summed E-state index contributed by atoms with van der Waals surface area (Å²) in [4.78, 5) is 0. The molecular weight excluding hydrogens is 158 g/mol. The van der Waals surface area contributed by atoms with Crippen LogP contribution in [-0.4, -0.2) is 12.4 Å². The van der Waals surface area contributed by atoms with Crippen molar-refractivity contribution in [3.8, 4) is 0 Å². The fraction of sp³-hybridized carbons (Fsp3) is 1.00. The molecule has 66 valence electrons. The van der Waals surface area contributed by atoms with Crippen LogP contribution in [0.2, 0.25) is 0 Å². The van der Waals surface area contributed by atoms with Crippen LogP contribution in [0.4, 0.5) is 0 Å². The normalized spacial score (nSPS) is 37.9. The minimum atomic E-state index is 0.294. The van der Waals surface area contributed by atoms with Crippen LogP contribution >= 0.6 is 11.6 Å². The molecule has 11 heavy (non-hydrogen) atoms. The highest BCUT2D eigenvalue weighted by atomic mass is 35.5. The predicted molar refractivity (Wildman–Crippen MR) is 49.8 cm³/mol. The van der Waals surface area contributed by atoms with Crippen molar-refractivity contribution in [3.63, 3.8) is 0 Å². The molecule has 0 amide bonds. The molecule has 2 atom stereocenters. The average molecular weight is 176 g/mol. The first kappa shape index (κ1) is 9.34. The smallest absolute Gasteiger partial charge is 0.0292 e. The van der Waals surface area contributed by atoms with Crippen LogP contribution in [0.3, 0.4) is 0 Å². The number of hydrogen-bond donors (Lipinski definition) is 1. The van der Waals surface area contributed by atoms with E-state index in [4.69, 9.17) is 17.3 Å². The molecule has 0 aliphatic heterocycles. The zero-order chi connectivity index (χ0) is 8.32. The van der Waals surface area contributed by atoms with Crippen molar-refractivity contribution in [1.82, 2.24) is 0 Å². The van der Waals surface area contributed by atoms with Crippen molar-refractivity contribution in [2.45, 2.75) is 32.6 Å². The summed E-state index contributed by atoms with van der Waals surface area (Å²) < 4.78 is 0. The lowest BCUT2D eigenvalue weighted by Gasteiger charge is -2.24. The summed E-state index contributed by atoms with van der Waals surface area (Å²) in [6.07, 6.45) is 5.12. The van der Waals surface area contributed by atoms with Crippen molar-refractivity contribution in [3.05, 3.63) is 0 Å². The van der Waals surface area contributed by atoms with Crippen LogP contribution in [0.25, 0.3) is 0 Å². The standard InChI is InChI=1S/C9H18ClN/c1-2-8-3-4-9(5-8,6-10)7-11/h8H,2-7,11H2,1H3. The second-order valence-corrected chi connectivity index (χ2v) is 4.12. The van der Waals surface area contributed by atoms with Gasteiger partial charge in [-0.2, -0.15) is 0 Å². The van der Waals surface area contributed by atoms with E-state index in [1.807, 2.05) is 0 Å². The van der Waals surface area contributed by atoms with Gasteiger partial charge in [0.2, 0.25) is 0 Å². The maximum atomic E-state index is 5.91. The van der Waals surface area contributed by atoms with E-state index in [1.54, 1.807) is 0 Å². The number of hydrogen-bond acceptors (Lipinski definition) is 1. The second-order valence-electron chi connectivity index (χ2n) is 3.85. The van der Waals surface area contributed by atoms with Gasteiger partial charge in [-0.1, -0.05) is 13.3 Å². The van der Waals surface area contributed by atoms with Gasteiger partial charge < -0.3 is 5.73 Å². The molecule has 0 aromatic heterocycles. The third-order valence-corrected chi connectivity index (χ3v) is 3.67. The van der Waals surface area contributed by atoms with E-state index >= 15 is 0 Å². The van der Waals surface area contributed by atoms with Crippen LogP contribution in [0.15, 0.2) is 0 Å². The molecular formula is C9H18ClN. The first-order valence-corrected chi connectivity index (χ1v) is 5.06. The maximum absolute atomic E-state index is 5.91. The van der Waals surface area contributed by atoms with Crippen molar-refractivity contribution in [2.24, 2.45) is 17.1 Å². The first-order chi connectivity index (χ1) is 5.26. The molecule has 2 unspecified atom stereocenters. The Kier molecular flexibility index (Phi) is 3.20. The zero-order valence-electron chi connectivity index (χ0n) is 7.28. The van der Waals surface area contributed by atoms with E-state index in [0.717, 1.165) is 18.3 Å². The fourth-order valence-corrected chi connectivity index (χ4v) is 2.39. The molecule has 1 nitrogen and oxygen atoms in total. The van der Waals surface area contributed by atoms with Crippen LogP contribution in [-0.2, 0) is 0 Å². The summed E-state index contributed by atoms with van der Waals surface area (Å²) in [6.45, 7) is 3.03. The Labute approximate surface area is 74.3 Å². The summed E-state index contributed by atoms with van der Waals surface area (Å²) in [5, 5.41) is 0. The topological polar surface area (TPSA) is 26.0 Å². The summed E-state index contributed by atoms with van der Waals surface area (Å²) in [7, 11) is 0. The maximum Gasteiger partial charge on any atom is 0.0292 e. The van der Waals surface area contributed by atoms with Crippen molar-refractivity contribution >= 4 is 11.6 Å². The van der Waals surface area contributed by atoms with Gasteiger partial charge in [0.1, 0.15) is 0 Å².